The molecule has 2 aromatic rings. The van der Waals surface area contributed by atoms with Gasteiger partial charge in [0.1, 0.15) is 11.8 Å². The molecule has 0 bridgehead atoms. The quantitative estimate of drug-likeness (QED) is 0.755. The second-order valence-electron chi connectivity index (χ2n) is 4.37. The second-order valence-corrected chi connectivity index (χ2v) is 6.66. The minimum atomic E-state index is -1.11. The van der Waals surface area contributed by atoms with Crippen molar-refractivity contribution in [1.82, 2.24) is 5.32 Å². The zero-order chi connectivity index (χ0) is 15.4. The molecule has 110 valence electrons. The van der Waals surface area contributed by atoms with Crippen LogP contribution in [0, 0.1) is 0 Å². The van der Waals surface area contributed by atoms with Crippen molar-refractivity contribution < 1.29 is 19.8 Å². The van der Waals surface area contributed by atoms with E-state index in [1.807, 2.05) is 0 Å². The Balaban J connectivity index is 2.07. The maximum Gasteiger partial charge on any atom is 0.326 e. The summed E-state index contributed by atoms with van der Waals surface area (Å²) in [5.74, 6) is -1.42. The van der Waals surface area contributed by atoms with Gasteiger partial charge in [0, 0.05) is 11.8 Å². The highest BCUT2D eigenvalue weighted by Crippen LogP contribution is 2.20. The topological polar surface area (TPSA) is 86.6 Å². The van der Waals surface area contributed by atoms with Gasteiger partial charge in [-0.25, -0.2) is 4.79 Å². The van der Waals surface area contributed by atoms with Crippen molar-refractivity contribution in [3.8, 4) is 5.75 Å². The summed E-state index contributed by atoms with van der Waals surface area (Å²) in [6.45, 7) is 0. The van der Waals surface area contributed by atoms with Crippen molar-refractivity contribution >= 4 is 39.1 Å². The first kappa shape index (κ1) is 15.5. The predicted molar refractivity (Wildman–Crippen MR) is 82.7 cm³/mol. The number of thiophene rings is 1. The highest BCUT2D eigenvalue weighted by molar-refractivity contribution is 9.11. The Morgan fingerprint density at radius 1 is 1.29 bits per heavy atom. The average molecular weight is 370 g/mol. The molecule has 1 heterocycles. The van der Waals surface area contributed by atoms with E-state index in [9.17, 15) is 19.8 Å². The second kappa shape index (κ2) is 6.73. The molecular formula is C14H12BrNO4S. The molecule has 0 saturated heterocycles. The molecular weight excluding hydrogens is 358 g/mol. The largest absolute Gasteiger partial charge is 0.508 e. The molecule has 1 aromatic heterocycles. The lowest BCUT2D eigenvalue weighted by atomic mass is 10.1. The van der Waals surface area contributed by atoms with Crippen molar-refractivity contribution in [3.63, 3.8) is 0 Å². The fraction of sp³-hybridized carbons (Fsp3) is 0.143. The molecule has 0 radical (unpaired) electrons. The summed E-state index contributed by atoms with van der Waals surface area (Å²) in [6, 6.07) is 6.81. The number of carbonyl (C=O) groups excluding carboxylic acids is 1. The van der Waals surface area contributed by atoms with Crippen molar-refractivity contribution in [2.24, 2.45) is 0 Å². The lowest BCUT2D eigenvalue weighted by Gasteiger charge is -2.14. The van der Waals surface area contributed by atoms with E-state index in [0.717, 1.165) is 3.79 Å². The Morgan fingerprint density at radius 2 is 1.95 bits per heavy atom. The van der Waals surface area contributed by atoms with Crippen LogP contribution in [0.2, 0.25) is 0 Å². The van der Waals surface area contributed by atoms with E-state index in [1.54, 1.807) is 23.6 Å². The molecule has 0 fully saturated rings. The molecule has 0 saturated carbocycles. The van der Waals surface area contributed by atoms with Crippen LogP contribution in [0.4, 0.5) is 0 Å². The molecule has 1 amide bonds. The Kier molecular flexibility index (Phi) is 4.98. The molecule has 21 heavy (non-hydrogen) atoms. The Labute approximate surface area is 133 Å². The van der Waals surface area contributed by atoms with E-state index in [-0.39, 0.29) is 12.2 Å². The van der Waals surface area contributed by atoms with Crippen LogP contribution in [0.1, 0.15) is 15.9 Å². The molecule has 0 aliphatic carbocycles. The third-order valence-corrected chi connectivity index (χ3v) is 4.31. The van der Waals surface area contributed by atoms with Crippen LogP contribution in [-0.4, -0.2) is 28.1 Å². The number of hydrogen-bond donors (Lipinski definition) is 3. The molecule has 1 aromatic carbocycles. The van der Waals surface area contributed by atoms with Gasteiger partial charge in [0.2, 0.25) is 0 Å². The monoisotopic (exact) mass is 369 g/mol. The van der Waals surface area contributed by atoms with Gasteiger partial charge in [0.25, 0.3) is 5.91 Å². The minimum Gasteiger partial charge on any atom is -0.508 e. The van der Waals surface area contributed by atoms with E-state index in [0.29, 0.717) is 11.1 Å². The van der Waals surface area contributed by atoms with Gasteiger partial charge in [0.15, 0.2) is 0 Å². The number of halogens is 1. The van der Waals surface area contributed by atoms with Gasteiger partial charge >= 0.3 is 5.97 Å². The van der Waals surface area contributed by atoms with Gasteiger partial charge in [-0.15, -0.1) is 11.3 Å². The number of aliphatic carboxylic acids is 1. The van der Waals surface area contributed by atoms with Gasteiger partial charge in [-0.2, -0.15) is 0 Å². The lowest BCUT2D eigenvalue weighted by molar-refractivity contribution is -0.139. The van der Waals surface area contributed by atoms with Crippen LogP contribution >= 0.6 is 27.3 Å². The first-order valence-corrected chi connectivity index (χ1v) is 7.68. The standard InChI is InChI=1S/C14H12BrNO4S/c15-12-6-9(7-21-12)13(18)16-11(14(19)20)5-8-1-3-10(17)4-2-8/h1-4,6-7,11,17H,5H2,(H,16,18)(H,19,20)/t11-/m1/s1. The number of amides is 1. The Bertz CT molecular complexity index is 653. The Hall–Kier alpha value is -1.86. The molecule has 7 heteroatoms. The number of carboxylic acid groups (broad SMARTS) is 1. The average Bonchev–Trinajstić information content (AvgIpc) is 2.87. The van der Waals surface area contributed by atoms with E-state index in [1.165, 1.54) is 23.5 Å². The van der Waals surface area contributed by atoms with Crippen LogP contribution in [0.25, 0.3) is 0 Å². The van der Waals surface area contributed by atoms with Crippen molar-refractivity contribution in [2.75, 3.05) is 0 Å². The van der Waals surface area contributed by atoms with Gasteiger partial charge in [-0.1, -0.05) is 12.1 Å². The predicted octanol–water partition coefficient (Wildman–Crippen LogP) is 2.64. The summed E-state index contributed by atoms with van der Waals surface area (Å²) in [5, 5.41) is 22.6. The fourth-order valence-corrected chi connectivity index (χ4v) is 2.88. The zero-order valence-electron chi connectivity index (χ0n) is 10.7. The zero-order valence-corrected chi connectivity index (χ0v) is 13.1. The first-order chi connectivity index (χ1) is 9.95. The lowest BCUT2D eigenvalue weighted by Crippen LogP contribution is -2.42. The molecule has 0 unspecified atom stereocenters. The highest BCUT2D eigenvalue weighted by Gasteiger charge is 2.21. The molecule has 0 aliphatic rings. The molecule has 3 N–H and O–H groups in total. The highest BCUT2D eigenvalue weighted by atomic mass is 79.9. The van der Waals surface area contributed by atoms with Crippen molar-refractivity contribution in [1.29, 1.82) is 0 Å². The van der Waals surface area contributed by atoms with Crippen molar-refractivity contribution in [3.05, 3.63) is 50.6 Å². The van der Waals surface area contributed by atoms with E-state index in [2.05, 4.69) is 21.2 Å². The number of hydrogen-bond acceptors (Lipinski definition) is 4. The van der Waals surface area contributed by atoms with Crippen LogP contribution in [0.5, 0.6) is 5.75 Å². The number of rotatable bonds is 5. The number of nitrogens with one attached hydrogen (secondary N) is 1. The summed E-state index contributed by atoms with van der Waals surface area (Å²) >= 11 is 4.61. The number of aromatic hydroxyl groups is 1. The summed E-state index contributed by atoms with van der Waals surface area (Å²) in [6.07, 6.45) is 0.145. The first-order valence-electron chi connectivity index (χ1n) is 6.01. The maximum atomic E-state index is 12.0. The summed E-state index contributed by atoms with van der Waals surface area (Å²) < 4.78 is 0.804. The Morgan fingerprint density at radius 3 is 2.48 bits per heavy atom. The maximum absolute atomic E-state index is 12.0. The fourth-order valence-electron chi connectivity index (χ4n) is 1.74. The van der Waals surface area contributed by atoms with E-state index >= 15 is 0 Å². The van der Waals surface area contributed by atoms with Gasteiger partial charge in [0.05, 0.1) is 9.35 Å². The summed E-state index contributed by atoms with van der Waals surface area (Å²) in [5.41, 5.74) is 1.14. The number of carbonyl (C=O) groups is 2. The smallest absolute Gasteiger partial charge is 0.326 e. The van der Waals surface area contributed by atoms with Crippen LogP contribution in [-0.2, 0) is 11.2 Å². The molecule has 0 aliphatic heterocycles. The van der Waals surface area contributed by atoms with Crippen LogP contribution in [0.3, 0.4) is 0 Å². The number of carboxylic acids is 1. The molecule has 1 atom stereocenters. The van der Waals surface area contributed by atoms with E-state index < -0.39 is 17.9 Å². The molecule has 5 nitrogen and oxygen atoms in total. The SMILES string of the molecule is O=C(N[C@H](Cc1ccc(O)cc1)C(=O)O)c1csc(Br)c1. The third kappa shape index (κ3) is 4.30. The molecule has 0 spiro atoms. The van der Waals surface area contributed by atoms with Crippen molar-refractivity contribution in [2.45, 2.75) is 12.5 Å². The number of phenolic OH excluding ortho intramolecular Hbond substituents is 1. The normalized spacial score (nSPS) is 11.9. The summed E-state index contributed by atoms with van der Waals surface area (Å²) in [7, 11) is 0. The van der Waals surface area contributed by atoms with Gasteiger partial charge < -0.3 is 15.5 Å². The summed E-state index contributed by atoms with van der Waals surface area (Å²) in [4.78, 5) is 23.3. The van der Waals surface area contributed by atoms with E-state index in [4.69, 9.17) is 0 Å². The van der Waals surface area contributed by atoms with Gasteiger partial charge in [-0.05, 0) is 39.7 Å². The number of phenols is 1. The minimum absolute atomic E-state index is 0.109. The van der Waals surface area contributed by atoms with Crippen LogP contribution in [0.15, 0.2) is 39.5 Å². The third-order valence-electron chi connectivity index (χ3n) is 2.81. The number of benzene rings is 1. The molecule has 2 rings (SSSR count). The van der Waals surface area contributed by atoms with Gasteiger partial charge in [-0.3, -0.25) is 4.79 Å². The van der Waals surface area contributed by atoms with Crippen LogP contribution < -0.4 is 5.32 Å².